The van der Waals surface area contributed by atoms with Crippen LogP contribution >= 0.6 is 11.6 Å². The third-order valence-electron chi connectivity index (χ3n) is 3.91. The van der Waals surface area contributed by atoms with Gasteiger partial charge in [0.25, 0.3) is 0 Å². The maximum absolute atomic E-state index is 6.26. The molecule has 1 aromatic carbocycles. The van der Waals surface area contributed by atoms with Gasteiger partial charge in [-0.1, -0.05) is 43.6 Å². The molecule has 18 heavy (non-hydrogen) atoms. The third kappa shape index (κ3) is 3.25. The molecular weight excluding hydrogens is 244 g/mol. The molecule has 0 radical (unpaired) electrons. The molecule has 0 aromatic heterocycles. The second kappa shape index (κ2) is 6.55. The second-order valence-corrected chi connectivity index (χ2v) is 5.50. The summed E-state index contributed by atoms with van der Waals surface area (Å²) < 4.78 is 0. The smallest absolute Gasteiger partial charge is 0.0451 e. The number of benzene rings is 1. The van der Waals surface area contributed by atoms with E-state index in [9.17, 15) is 0 Å². The van der Waals surface area contributed by atoms with Crippen LogP contribution in [0.5, 0.6) is 0 Å². The zero-order valence-electron chi connectivity index (χ0n) is 11.3. The van der Waals surface area contributed by atoms with Crippen LogP contribution in [0.4, 0.5) is 0 Å². The zero-order chi connectivity index (χ0) is 13.0. The Bertz CT molecular complexity index is 381. The van der Waals surface area contributed by atoms with Gasteiger partial charge in [-0.2, -0.15) is 0 Å². The van der Waals surface area contributed by atoms with Gasteiger partial charge in [0, 0.05) is 36.7 Å². The standard InChI is InChI=1S/C15H23ClN2/c1-3-13-11-18(14(4-2)9-17-13)10-12-7-5-6-8-15(12)16/h5-8,13-14,17H,3-4,9-11H2,1-2H3. The highest BCUT2D eigenvalue weighted by atomic mass is 35.5. The fourth-order valence-electron chi connectivity index (χ4n) is 2.64. The summed E-state index contributed by atoms with van der Waals surface area (Å²) in [7, 11) is 0. The summed E-state index contributed by atoms with van der Waals surface area (Å²) in [6.45, 7) is 7.70. The molecule has 0 spiro atoms. The fraction of sp³-hybridized carbons (Fsp3) is 0.600. The van der Waals surface area contributed by atoms with Crippen molar-refractivity contribution in [2.45, 2.75) is 45.3 Å². The number of nitrogens with one attached hydrogen (secondary N) is 1. The molecule has 1 N–H and O–H groups in total. The van der Waals surface area contributed by atoms with Crippen LogP contribution in [0.3, 0.4) is 0 Å². The number of piperazine rings is 1. The van der Waals surface area contributed by atoms with E-state index in [0.29, 0.717) is 12.1 Å². The van der Waals surface area contributed by atoms with E-state index in [1.165, 1.54) is 18.4 Å². The Morgan fingerprint density at radius 3 is 2.72 bits per heavy atom. The molecule has 1 aliphatic rings. The van der Waals surface area contributed by atoms with Crippen molar-refractivity contribution in [2.24, 2.45) is 0 Å². The minimum Gasteiger partial charge on any atom is -0.311 e. The summed E-state index contributed by atoms with van der Waals surface area (Å²) in [5.41, 5.74) is 1.24. The highest BCUT2D eigenvalue weighted by Crippen LogP contribution is 2.21. The lowest BCUT2D eigenvalue weighted by atomic mass is 10.0. The van der Waals surface area contributed by atoms with Crippen LogP contribution in [0.1, 0.15) is 32.3 Å². The molecule has 1 saturated heterocycles. The van der Waals surface area contributed by atoms with E-state index in [0.717, 1.165) is 24.7 Å². The fourth-order valence-corrected chi connectivity index (χ4v) is 2.84. The molecule has 1 aromatic rings. The van der Waals surface area contributed by atoms with Gasteiger partial charge in [0.2, 0.25) is 0 Å². The molecule has 2 unspecified atom stereocenters. The summed E-state index contributed by atoms with van der Waals surface area (Å²) in [5, 5.41) is 4.51. The van der Waals surface area contributed by atoms with E-state index in [-0.39, 0.29) is 0 Å². The second-order valence-electron chi connectivity index (χ2n) is 5.10. The molecule has 1 aliphatic heterocycles. The van der Waals surface area contributed by atoms with E-state index < -0.39 is 0 Å². The maximum atomic E-state index is 6.26. The minimum absolute atomic E-state index is 0.621. The van der Waals surface area contributed by atoms with Gasteiger partial charge in [0.15, 0.2) is 0 Å². The molecule has 3 heteroatoms. The normalized spacial score (nSPS) is 25.3. The molecule has 100 valence electrons. The predicted octanol–water partition coefficient (Wildman–Crippen LogP) is 3.30. The first-order valence-electron chi connectivity index (χ1n) is 6.95. The summed E-state index contributed by atoms with van der Waals surface area (Å²) in [5.74, 6) is 0. The van der Waals surface area contributed by atoms with Crippen molar-refractivity contribution >= 4 is 11.6 Å². The largest absolute Gasteiger partial charge is 0.311 e. The molecule has 0 aliphatic carbocycles. The summed E-state index contributed by atoms with van der Waals surface area (Å²) >= 11 is 6.26. The monoisotopic (exact) mass is 266 g/mol. The predicted molar refractivity (Wildman–Crippen MR) is 78.0 cm³/mol. The van der Waals surface area contributed by atoms with Crippen molar-refractivity contribution in [1.82, 2.24) is 10.2 Å². The van der Waals surface area contributed by atoms with E-state index in [1.807, 2.05) is 12.1 Å². The number of halogens is 1. The molecule has 0 saturated carbocycles. The number of nitrogens with zero attached hydrogens (tertiary/aromatic N) is 1. The lowest BCUT2D eigenvalue weighted by Gasteiger charge is -2.40. The number of hydrogen-bond donors (Lipinski definition) is 1. The first-order chi connectivity index (χ1) is 8.74. The van der Waals surface area contributed by atoms with E-state index >= 15 is 0 Å². The van der Waals surface area contributed by atoms with Crippen molar-refractivity contribution in [3.05, 3.63) is 34.9 Å². The van der Waals surface area contributed by atoms with Gasteiger partial charge in [0.05, 0.1) is 0 Å². The first kappa shape index (κ1) is 13.9. The maximum Gasteiger partial charge on any atom is 0.0451 e. The van der Waals surface area contributed by atoms with Crippen LogP contribution in [-0.2, 0) is 6.54 Å². The van der Waals surface area contributed by atoms with E-state index in [1.54, 1.807) is 0 Å². The van der Waals surface area contributed by atoms with Crippen LogP contribution in [0.15, 0.2) is 24.3 Å². The van der Waals surface area contributed by atoms with Crippen molar-refractivity contribution in [1.29, 1.82) is 0 Å². The average Bonchev–Trinajstić information content (AvgIpc) is 2.41. The molecule has 1 fully saturated rings. The Kier molecular flexibility index (Phi) is 5.04. The van der Waals surface area contributed by atoms with Gasteiger partial charge in [-0.05, 0) is 24.5 Å². The Hall–Kier alpha value is -0.570. The van der Waals surface area contributed by atoms with Gasteiger partial charge in [-0.15, -0.1) is 0 Å². The number of rotatable bonds is 4. The Morgan fingerprint density at radius 1 is 1.28 bits per heavy atom. The van der Waals surface area contributed by atoms with Crippen LogP contribution in [0.2, 0.25) is 5.02 Å². The molecule has 1 heterocycles. The van der Waals surface area contributed by atoms with Gasteiger partial charge >= 0.3 is 0 Å². The Labute approximate surface area is 115 Å². The Morgan fingerprint density at radius 2 is 2.06 bits per heavy atom. The highest BCUT2D eigenvalue weighted by molar-refractivity contribution is 6.31. The van der Waals surface area contributed by atoms with Gasteiger partial charge < -0.3 is 5.32 Å². The lowest BCUT2D eigenvalue weighted by molar-refractivity contribution is 0.117. The van der Waals surface area contributed by atoms with Crippen LogP contribution in [0.25, 0.3) is 0 Å². The third-order valence-corrected chi connectivity index (χ3v) is 4.28. The van der Waals surface area contributed by atoms with Crippen molar-refractivity contribution in [3.8, 4) is 0 Å². The van der Waals surface area contributed by atoms with Gasteiger partial charge in [-0.25, -0.2) is 0 Å². The minimum atomic E-state index is 0.621. The lowest BCUT2D eigenvalue weighted by Crippen LogP contribution is -2.55. The topological polar surface area (TPSA) is 15.3 Å². The summed E-state index contributed by atoms with van der Waals surface area (Å²) in [4.78, 5) is 2.58. The summed E-state index contributed by atoms with van der Waals surface area (Å²) in [6.07, 6.45) is 2.38. The molecule has 0 bridgehead atoms. The Balaban J connectivity index is 2.07. The highest BCUT2D eigenvalue weighted by Gasteiger charge is 2.25. The average molecular weight is 267 g/mol. The quantitative estimate of drug-likeness (QED) is 0.900. The van der Waals surface area contributed by atoms with Crippen LogP contribution in [0, 0.1) is 0 Å². The molecule has 2 nitrogen and oxygen atoms in total. The SMILES string of the molecule is CCC1CN(Cc2ccccc2Cl)C(CC)CN1. The molecule has 2 rings (SSSR count). The van der Waals surface area contributed by atoms with Crippen molar-refractivity contribution < 1.29 is 0 Å². The molecule has 0 amide bonds. The van der Waals surface area contributed by atoms with E-state index in [4.69, 9.17) is 11.6 Å². The van der Waals surface area contributed by atoms with E-state index in [2.05, 4.69) is 36.2 Å². The molecule has 2 atom stereocenters. The van der Waals surface area contributed by atoms with Crippen molar-refractivity contribution in [3.63, 3.8) is 0 Å². The van der Waals surface area contributed by atoms with Gasteiger partial charge in [0.1, 0.15) is 0 Å². The van der Waals surface area contributed by atoms with Crippen LogP contribution in [-0.4, -0.2) is 30.1 Å². The van der Waals surface area contributed by atoms with Gasteiger partial charge in [-0.3, -0.25) is 4.90 Å². The zero-order valence-corrected chi connectivity index (χ0v) is 12.1. The first-order valence-corrected chi connectivity index (χ1v) is 7.33. The van der Waals surface area contributed by atoms with Crippen LogP contribution < -0.4 is 5.32 Å². The molecular formula is C15H23ClN2. The van der Waals surface area contributed by atoms with Crippen molar-refractivity contribution in [2.75, 3.05) is 13.1 Å². The number of hydrogen-bond acceptors (Lipinski definition) is 2. The summed E-state index contributed by atoms with van der Waals surface area (Å²) in [6, 6.07) is 9.44.